The molecule has 0 spiro atoms. The summed E-state index contributed by atoms with van der Waals surface area (Å²) >= 11 is 6.00. The van der Waals surface area contributed by atoms with E-state index in [0.29, 0.717) is 11.4 Å². The fourth-order valence-corrected chi connectivity index (χ4v) is 2.66. The average molecular weight is 240 g/mol. The molecule has 0 aliphatic heterocycles. The standard InChI is InChI=1S/C13H18ClNO/c1-12(2)5-6-13(16,8-15)11-7-9(14)3-4-10(11)12/h3-4,7,16H,5-6,8,15H2,1-2H3. The Kier molecular flexibility index (Phi) is 2.77. The van der Waals surface area contributed by atoms with Crippen molar-refractivity contribution >= 4 is 11.6 Å². The molecule has 0 bridgehead atoms. The number of rotatable bonds is 1. The molecule has 0 saturated carbocycles. The smallest absolute Gasteiger partial charge is 0.102 e. The molecule has 2 rings (SSSR count). The molecule has 1 atom stereocenters. The van der Waals surface area contributed by atoms with Gasteiger partial charge in [-0.3, -0.25) is 0 Å². The first kappa shape index (κ1) is 11.9. The van der Waals surface area contributed by atoms with Crippen molar-refractivity contribution in [2.24, 2.45) is 5.73 Å². The lowest BCUT2D eigenvalue weighted by Gasteiger charge is -2.42. The third kappa shape index (κ3) is 1.75. The van der Waals surface area contributed by atoms with Crippen molar-refractivity contribution in [3.8, 4) is 0 Å². The maximum absolute atomic E-state index is 10.5. The first-order valence-electron chi connectivity index (χ1n) is 5.62. The van der Waals surface area contributed by atoms with Gasteiger partial charge >= 0.3 is 0 Å². The maximum Gasteiger partial charge on any atom is 0.102 e. The summed E-state index contributed by atoms with van der Waals surface area (Å²) in [6.07, 6.45) is 1.64. The van der Waals surface area contributed by atoms with Crippen molar-refractivity contribution in [1.82, 2.24) is 0 Å². The number of halogens is 1. The Hall–Kier alpha value is -0.570. The van der Waals surface area contributed by atoms with Crippen LogP contribution in [0.4, 0.5) is 0 Å². The van der Waals surface area contributed by atoms with E-state index in [2.05, 4.69) is 13.8 Å². The summed E-state index contributed by atoms with van der Waals surface area (Å²) < 4.78 is 0. The molecule has 88 valence electrons. The topological polar surface area (TPSA) is 46.2 Å². The molecule has 1 aromatic carbocycles. The maximum atomic E-state index is 10.5. The summed E-state index contributed by atoms with van der Waals surface area (Å²) in [5.74, 6) is 0. The zero-order chi connectivity index (χ0) is 12.0. The van der Waals surface area contributed by atoms with Gasteiger partial charge in [0.2, 0.25) is 0 Å². The number of nitrogens with two attached hydrogens (primary N) is 1. The van der Waals surface area contributed by atoms with Gasteiger partial charge in [0.1, 0.15) is 5.60 Å². The molecular weight excluding hydrogens is 222 g/mol. The van der Waals surface area contributed by atoms with Gasteiger partial charge in [-0.1, -0.05) is 31.5 Å². The minimum atomic E-state index is -0.907. The Morgan fingerprint density at radius 1 is 1.31 bits per heavy atom. The van der Waals surface area contributed by atoms with Crippen LogP contribution in [0.2, 0.25) is 5.02 Å². The molecule has 1 aliphatic carbocycles. The Morgan fingerprint density at radius 2 is 2.00 bits per heavy atom. The molecule has 16 heavy (non-hydrogen) atoms. The van der Waals surface area contributed by atoms with Crippen LogP contribution in [-0.4, -0.2) is 11.7 Å². The van der Waals surface area contributed by atoms with Gasteiger partial charge in [0.15, 0.2) is 0 Å². The molecule has 1 aliphatic rings. The largest absolute Gasteiger partial charge is 0.384 e. The molecule has 0 saturated heterocycles. The van der Waals surface area contributed by atoms with Crippen molar-refractivity contribution in [2.75, 3.05) is 6.54 Å². The van der Waals surface area contributed by atoms with Crippen molar-refractivity contribution in [3.63, 3.8) is 0 Å². The van der Waals surface area contributed by atoms with Crippen LogP contribution in [-0.2, 0) is 11.0 Å². The molecule has 0 fully saturated rings. The average Bonchev–Trinajstić information content (AvgIpc) is 2.24. The van der Waals surface area contributed by atoms with Crippen molar-refractivity contribution in [1.29, 1.82) is 0 Å². The summed E-state index contributed by atoms with van der Waals surface area (Å²) in [5, 5.41) is 11.2. The predicted octanol–water partition coefficient (Wildman–Crippen LogP) is 2.56. The summed E-state index contributed by atoms with van der Waals surface area (Å²) in [4.78, 5) is 0. The highest BCUT2D eigenvalue weighted by molar-refractivity contribution is 6.30. The minimum absolute atomic E-state index is 0.0846. The second kappa shape index (κ2) is 3.73. The van der Waals surface area contributed by atoms with Gasteiger partial charge in [0.25, 0.3) is 0 Å². The molecule has 3 N–H and O–H groups in total. The number of hydrogen-bond donors (Lipinski definition) is 2. The lowest BCUT2D eigenvalue weighted by atomic mass is 9.67. The van der Waals surface area contributed by atoms with E-state index in [1.54, 1.807) is 0 Å². The molecule has 1 aromatic rings. The fraction of sp³-hybridized carbons (Fsp3) is 0.538. The second-order valence-electron chi connectivity index (χ2n) is 5.31. The number of fused-ring (bicyclic) bond motifs is 1. The van der Waals surface area contributed by atoms with Crippen LogP contribution in [0.25, 0.3) is 0 Å². The normalized spacial score (nSPS) is 27.6. The molecule has 1 unspecified atom stereocenters. The first-order valence-corrected chi connectivity index (χ1v) is 6.00. The summed E-state index contributed by atoms with van der Waals surface area (Å²) in [6.45, 7) is 4.63. The zero-order valence-corrected chi connectivity index (χ0v) is 10.5. The van der Waals surface area contributed by atoms with Crippen LogP contribution in [0.1, 0.15) is 37.8 Å². The molecule has 0 heterocycles. The van der Waals surface area contributed by atoms with Crippen LogP contribution in [0, 0.1) is 0 Å². The van der Waals surface area contributed by atoms with Crippen molar-refractivity contribution < 1.29 is 5.11 Å². The number of hydrogen-bond acceptors (Lipinski definition) is 2. The van der Waals surface area contributed by atoms with Crippen molar-refractivity contribution in [3.05, 3.63) is 34.3 Å². The third-order valence-corrected chi connectivity index (χ3v) is 3.95. The third-order valence-electron chi connectivity index (χ3n) is 3.71. The van der Waals surface area contributed by atoms with Crippen molar-refractivity contribution in [2.45, 2.75) is 37.7 Å². The van der Waals surface area contributed by atoms with E-state index in [1.807, 2.05) is 18.2 Å². The summed E-state index contributed by atoms with van der Waals surface area (Å²) in [7, 11) is 0. The lowest BCUT2D eigenvalue weighted by molar-refractivity contribution is 0.0176. The molecule has 0 aromatic heterocycles. The zero-order valence-electron chi connectivity index (χ0n) is 9.76. The molecular formula is C13H18ClNO. The lowest BCUT2D eigenvalue weighted by Crippen LogP contribution is -2.42. The van der Waals surface area contributed by atoms with E-state index in [4.69, 9.17) is 17.3 Å². The van der Waals surface area contributed by atoms with Gasteiger partial charge in [-0.15, -0.1) is 0 Å². The van der Waals surface area contributed by atoms with E-state index in [9.17, 15) is 5.11 Å². The molecule has 0 radical (unpaired) electrons. The molecule has 3 heteroatoms. The van der Waals surface area contributed by atoms with Crippen LogP contribution in [0.5, 0.6) is 0 Å². The number of aliphatic hydroxyl groups is 1. The summed E-state index contributed by atoms with van der Waals surface area (Å²) in [6, 6.07) is 5.74. The SMILES string of the molecule is CC1(C)CCC(O)(CN)c2cc(Cl)ccc21. The quantitative estimate of drug-likeness (QED) is 0.791. The van der Waals surface area contributed by atoms with E-state index in [-0.39, 0.29) is 12.0 Å². The molecule has 2 nitrogen and oxygen atoms in total. The molecule has 0 amide bonds. The van der Waals surface area contributed by atoms with Crippen LogP contribution in [0.3, 0.4) is 0 Å². The predicted molar refractivity (Wildman–Crippen MR) is 66.7 cm³/mol. The van der Waals surface area contributed by atoms with Crippen LogP contribution in [0.15, 0.2) is 18.2 Å². The highest BCUT2D eigenvalue weighted by Crippen LogP contribution is 2.44. The van der Waals surface area contributed by atoms with E-state index in [1.165, 1.54) is 0 Å². The first-order chi connectivity index (χ1) is 7.39. The number of benzene rings is 1. The minimum Gasteiger partial charge on any atom is -0.384 e. The Balaban J connectivity index is 2.63. The monoisotopic (exact) mass is 239 g/mol. The Bertz CT molecular complexity index is 416. The van der Waals surface area contributed by atoms with Gasteiger partial charge in [-0.25, -0.2) is 0 Å². The van der Waals surface area contributed by atoms with Gasteiger partial charge in [-0.2, -0.15) is 0 Å². The van der Waals surface area contributed by atoms with E-state index >= 15 is 0 Å². The van der Waals surface area contributed by atoms with Crippen LogP contribution >= 0.6 is 11.6 Å². The highest BCUT2D eigenvalue weighted by atomic mass is 35.5. The van der Waals surface area contributed by atoms with Gasteiger partial charge in [-0.05, 0) is 41.5 Å². The Morgan fingerprint density at radius 3 is 2.62 bits per heavy atom. The van der Waals surface area contributed by atoms with Gasteiger partial charge < -0.3 is 10.8 Å². The highest BCUT2D eigenvalue weighted by Gasteiger charge is 2.40. The Labute approximate surface area is 101 Å². The fourth-order valence-electron chi connectivity index (χ4n) is 2.49. The second-order valence-corrected chi connectivity index (χ2v) is 5.75. The van der Waals surface area contributed by atoms with Crippen LogP contribution < -0.4 is 5.73 Å². The van der Waals surface area contributed by atoms with Gasteiger partial charge in [0.05, 0.1) is 0 Å². The summed E-state index contributed by atoms with van der Waals surface area (Å²) in [5.41, 5.74) is 6.94. The van der Waals surface area contributed by atoms with E-state index in [0.717, 1.165) is 17.5 Å². The van der Waals surface area contributed by atoms with E-state index < -0.39 is 5.60 Å². The van der Waals surface area contributed by atoms with Gasteiger partial charge in [0, 0.05) is 11.6 Å².